The second kappa shape index (κ2) is 12.7. The number of fused-ring (bicyclic) bond motifs is 1. The third-order valence-electron chi connectivity index (χ3n) is 7.08. The van der Waals surface area contributed by atoms with Crippen LogP contribution in [-0.4, -0.2) is 34.0 Å². The first kappa shape index (κ1) is 27.9. The molecule has 0 aliphatic carbocycles. The number of primary amides is 1. The van der Waals surface area contributed by atoms with Gasteiger partial charge in [-0.05, 0) is 41.5 Å². The van der Waals surface area contributed by atoms with Crippen molar-refractivity contribution >= 4 is 23.4 Å². The maximum absolute atomic E-state index is 13.3. The van der Waals surface area contributed by atoms with Crippen molar-refractivity contribution in [2.45, 2.75) is 38.0 Å². The van der Waals surface area contributed by atoms with Crippen molar-refractivity contribution in [1.82, 2.24) is 20.2 Å². The Kier molecular flexibility index (Phi) is 8.63. The number of imidazole rings is 1. The second-order valence-corrected chi connectivity index (χ2v) is 10.3. The standard InChI is InChI=1S/C31H29ClN6O3/c32-23-10-8-20(9-11-23)14-28(30(34)39)37-31(40)26-3-1-2-25-27(12-13-41-29(25)26)36-17-24-16-35-19-38(24)18-22-6-4-21(15-33)5-7-22/h1-11,16,19,27-28,36H,12-14,17-18H2,(H2,34,39)(H,37,40)/t27?,28-/m0/s1. The number of halogens is 1. The zero-order valence-corrected chi connectivity index (χ0v) is 23.0. The number of carbonyl (C=O) groups excluding carboxylic acids is 2. The number of amides is 2. The van der Waals surface area contributed by atoms with Gasteiger partial charge in [-0.15, -0.1) is 0 Å². The molecule has 0 bridgehead atoms. The molecule has 3 aromatic carbocycles. The maximum Gasteiger partial charge on any atom is 0.255 e. The molecular formula is C31H29ClN6O3. The summed E-state index contributed by atoms with van der Waals surface area (Å²) in [4.78, 5) is 29.8. The average molecular weight is 569 g/mol. The first-order valence-corrected chi connectivity index (χ1v) is 13.6. The molecule has 1 aliphatic rings. The lowest BCUT2D eigenvalue weighted by Crippen LogP contribution is -2.46. The molecule has 4 N–H and O–H groups in total. The molecule has 0 fully saturated rings. The fourth-order valence-corrected chi connectivity index (χ4v) is 5.00. The minimum absolute atomic E-state index is 0.0502. The summed E-state index contributed by atoms with van der Waals surface area (Å²) in [7, 11) is 0. The number of ether oxygens (including phenoxy) is 1. The van der Waals surface area contributed by atoms with Crippen LogP contribution in [0, 0.1) is 11.3 Å². The van der Waals surface area contributed by atoms with E-state index < -0.39 is 17.9 Å². The summed E-state index contributed by atoms with van der Waals surface area (Å²) in [6.07, 6.45) is 4.58. The van der Waals surface area contributed by atoms with Gasteiger partial charge in [0, 0.05) is 48.8 Å². The zero-order chi connectivity index (χ0) is 28.8. The van der Waals surface area contributed by atoms with Crippen LogP contribution in [-0.2, 0) is 24.3 Å². The number of carbonyl (C=O) groups is 2. The average Bonchev–Trinajstić information content (AvgIpc) is 3.43. The summed E-state index contributed by atoms with van der Waals surface area (Å²) >= 11 is 5.96. The number of hydrogen-bond acceptors (Lipinski definition) is 6. The summed E-state index contributed by atoms with van der Waals surface area (Å²) in [5.41, 5.74) is 10.4. The smallest absolute Gasteiger partial charge is 0.255 e. The third-order valence-corrected chi connectivity index (χ3v) is 7.34. The molecule has 2 amide bonds. The molecule has 5 rings (SSSR count). The monoisotopic (exact) mass is 568 g/mol. The number of rotatable bonds is 10. The third kappa shape index (κ3) is 6.74. The van der Waals surface area contributed by atoms with Crippen molar-refractivity contribution in [3.8, 4) is 11.8 Å². The molecule has 41 heavy (non-hydrogen) atoms. The van der Waals surface area contributed by atoms with Gasteiger partial charge in [0.15, 0.2) is 0 Å². The van der Waals surface area contributed by atoms with Crippen LogP contribution < -0.4 is 21.1 Å². The van der Waals surface area contributed by atoms with Crippen LogP contribution in [0.3, 0.4) is 0 Å². The van der Waals surface area contributed by atoms with Crippen LogP contribution in [0.15, 0.2) is 79.3 Å². The highest BCUT2D eigenvalue weighted by Crippen LogP contribution is 2.35. The molecule has 9 nitrogen and oxygen atoms in total. The van der Waals surface area contributed by atoms with Crippen LogP contribution >= 0.6 is 11.6 Å². The van der Waals surface area contributed by atoms with Crippen LogP contribution in [0.2, 0.25) is 5.02 Å². The largest absolute Gasteiger partial charge is 0.492 e. The number of nitrogens with two attached hydrogens (primary N) is 1. The van der Waals surface area contributed by atoms with Crippen LogP contribution in [0.25, 0.3) is 0 Å². The second-order valence-electron chi connectivity index (χ2n) is 9.88. The lowest BCUT2D eigenvalue weighted by Gasteiger charge is -2.28. The lowest BCUT2D eigenvalue weighted by atomic mass is 9.96. The quantitative estimate of drug-likeness (QED) is 0.265. The van der Waals surface area contributed by atoms with Crippen molar-refractivity contribution in [3.63, 3.8) is 0 Å². The van der Waals surface area contributed by atoms with Gasteiger partial charge in [-0.1, -0.05) is 48.0 Å². The van der Waals surface area contributed by atoms with E-state index in [1.807, 2.05) is 30.5 Å². The normalized spacial score (nSPS) is 14.8. The van der Waals surface area contributed by atoms with E-state index in [0.29, 0.717) is 41.6 Å². The number of aromatic nitrogens is 2. The Hall–Kier alpha value is -4.65. The van der Waals surface area contributed by atoms with Crippen LogP contribution in [0.1, 0.15) is 50.8 Å². The van der Waals surface area contributed by atoms with Crippen molar-refractivity contribution in [3.05, 3.63) is 118 Å². The lowest BCUT2D eigenvalue weighted by molar-refractivity contribution is -0.119. The van der Waals surface area contributed by atoms with Crippen LogP contribution in [0.5, 0.6) is 5.75 Å². The molecule has 0 radical (unpaired) electrons. The number of para-hydroxylation sites is 1. The van der Waals surface area contributed by atoms with Crippen molar-refractivity contribution in [2.24, 2.45) is 5.73 Å². The van der Waals surface area contributed by atoms with Gasteiger partial charge in [0.1, 0.15) is 11.8 Å². The van der Waals surface area contributed by atoms with Gasteiger partial charge < -0.3 is 25.7 Å². The molecule has 208 valence electrons. The number of nitrogens with zero attached hydrogens (tertiary/aromatic N) is 3. The Morgan fingerprint density at radius 1 is 1.12 bits per heavy atom. The molecule has 1 aliphatic heterocycles. The minimum Gasteiger partial charge on any atom is -0.492 e. The molecule has 0 saturated carbocycles. The minimum atomic E-state index is -0.895. The Morgan fingerprint density at radius 3 is 2.61 bits per heavy atom. The van der Waals surface area contributed by atoms with Gasteiger partial charge in [0.05, 0.1) is 35.8 Å². The molecule has 2 atom stereocenters. The number of nitriles is 1. The van der Waals surface area contributed by atoms with E-state index in [1.54, 1.807) is 48.8 Å². The molecule has 4 aromatic rings. The highest BCUT2D eigenvalue weighted by Gasteiger charge is 2.28. The first-order valence-electron chi connectivity index (χ1n) is 13.2. The molecule has 0 saturated heterocycles. The number of nitrogens with one attached hydrogen (secondary N) is 2. The summed E-state index contributed by atoms with van der Waals surface area (Å²) in [6, 6.07) is 21.2. The Balaban J connectivity index is 1.27. The number of benzene rings is 3. The fourth-order valence-electron chi connectivity index (χ4n) is 4.88. The van der Waals surface area contributed by atoms with Gasteiger partial charge in [0.25, 0.3) is 5.91 Å². The summed E-state index contributed by atoms with van der Waals surface area (Å²) in [5.74, 6) is -0.563. The summed E-state index contributed by atoms with van der Waals surface area (Å²) < 4.78 is 8.02. The maximum atomic E-state index is 13.3. The van der Waals surface area contributed by atoms with E-state index in [9.17, 15) is 9.59 Å². The molecule has 1 unspecified atom stereocenters. The first-order chi connectivity index (χ1) is 19.9. The highest BCUT2D eigenvalue weighted by atomic mass is 35.5. The molecule has 1 aromatic heterocycles. The van der Waals surface area contributed by atoms with E-state index in [4.69, 9.17) is 27.3 Å². The molecule has 0 spiro atoms. The van der Waals surface area contributed by atoms with Gasteiger partial charge in [-0.2, -0.15) is 5.26 Å². The molecule has 2 heterocycles. The summed E-state index contributed by atoms with van der Waals surface area (Å²) in [6.45, 7) is 1.62. The Bertz CT molecular complexity index is 1580. The van der Waals surface area contributed by atoms with Gasteiger partial charge in [0.2, 0.25) is 5.91 Å². The Morgan fingerprint density at radius 2 is 1.88 bits per heavy atom. The topological polar surface area (TPSA) is 135 Å². The van der Waals surface area contributed by atoms with Gasteiger partial charge >= 0.3 is 0 Å². The zero-order valence-electron chi connectivity index (χ0n) is 22.2. The predicted molar refractivity (Wildman–Crippen MR) is 154 cm³/mol. The van der Waals surface area contributed by atoms with E-state index in [-0.39, 0.29) is 12.5 Å². The van der Waals surface area contributed by atoms with E-state index >= 15 is 0 Å². The van der Waals surface area contributed by atoms with Crippen molar-refractivity contribution < 1.29 is 14.3 Å². The molecule has 10 heteroatoms. The van der Waals surface area contributed by atoms with Crippen LogP contribution in [0.4, 0.5) is 0 Å². The van der Waals surface area contributed by atoms with E-state index in [1.165, 1.54) is 0 Å². The van der Waals surface area contributed by atoms with Gasteiger partial charge in [-0.3, -0.25) is 9.59 Å². The summed E-state index contributed by atoms with van der Waals surface area (Å²) in [5, 5.41) is 16.0. The highest BCUT2D eigenvalue weighted by molar-refractivity contribution is 6.30. The SMILES string of the molecule is N#Cc1ccc(Cn2cncc2CNC2CCOc3c(C(=O)N[C@@H](Cc4ccc(Cl)cc4)C(N)=O)cccc32)cc1. The van der Waals surface area contributed by atoms with Crippen molar-refractivity contribution in [1.29, 1.82) is 5.26 Å². The molecular weight excluding hydrogens is 540 g/mol. The predicted octanol–water partition coefficient (Wildman–Crippen LogP) is 3.90. The van der Waals surface area contributed by atoms with E-state index in [0.717, 1.165) is 28.8 Å². The van der Waals surface area contributed by atoms with E-state index in [2.05, 4.69) is 26.3 Å². The van der Waals surface area contributed by atoms with Crippen molar-refractivity contribution in [2.75, 3.05) is 6.61 Å². The Labute approximate surface area is 242 Å². The number of hydrogen-bond donors (Lipinski definition) is 3. The van der Waals surface area contributed by atoms with Gasteiger partial charge in [-0.25, -0.2) is 4.98 Å². The fraction of sp³-hybridized carbons (Fsp3) is 0.226.